The van der Waals surface area contributed by atoms with Crippen LogP contribution in [0.3, 0.4) is 0 Å². The maximum Gasteiger partial charge on any atom is 0.338 e. The highest BCUT2D eigenvalue weighted by Gasteiger charge is 2.55. The molecule has 4 rings (SSSR count). The molecule has 0 saturated carbocycles. The quantitative estimate of drug-likeness (QED) is 0.367. The van der Waals surface area contributed by atoms with Gasteiger partial charge in [-0.1, -0.05) is 61.2 Å². The molecule has 0 unspecified atom stereocenters. The molecule has 1 heterocycles. The van der Waals surface area contributed by atoms with Gasteiger partial charge < -0.3 is 18.9 Å². The summed E-state index contributed by atoms with van der Waals surface area (Å²) < 4.78 is 22.8. The van der Waals surface area contributed by atoms with E-state index >= 15 is 0 Å². The number of esters is 3. The lowest BCUT2D eigenvalue weighted by molar-refractivity contribution is -0.0899. The number of hydrogen-bond donors (Lipinski definition) is 0. The van der Waals surface area contributed by atoms with Crippen molar-refractivity contribution in [3.8, 4) is 0 Å². The SMILES string of the molecule is C=C1O[C@](C)(COC(=O)c2ccccc2)[C@@H](OC(=O)c2ccccc2)[C@H]1OC(=O)c1ccccc1. The molecule has 3 aromatic carbocycles. The van der Waals surface area contributed by atoms with Gasteiger partial charge in [0.1, 0.15) is 12.4 Å². The molecule has 1 aliphatic rings. The highest BCUT2D eigenvalue weighted by atomic mass is 16.7. The summed E-state index contributed by atoms with van der Waals surface area (Å²) in [5.41, 5.74) is -0.370. The van der Waals surface area contributed by atoms with Gasteiger partial charge in [0.25, 0.3) is 0 Å². The maximum atomic E-state index is 12.9. The van der Waals surface area contributed by atoms with Crippen LogP contribution < -0.4 is 0 Å². The fourth-order valence-electron chi connectivity index (χ4n) is 3.71. The van der Waals surface area contributed by atoms with Crippen molar-refractivity contribution in [2.45, 2.75) is 24.7 Å². The number of hydrogen-bond acceptors (Lipinski definition) is 7. The average molecular weight is 472 g/mol. The Bertz CT molecular complexity index is 1210. The lowest BCUT2D eigenvalue weighted by atomic mass is 9.97. The Morgan fingerprint density at radius 2 is 1.17 bits per heavy atom. The fraction of sp³-hybridized carbons (Fsp3) is 0.179. The molecule has 7 heteroatoms. The molecular weight excluding hydrogens is 448 g/mol. The summed E-state index contributed by atoms with van der Waals surface area (Å²) in [6.45, 7) is 5.20. The van der Waals surface area contributed by atoms with Gasteiger partial charge in [-0.15, -0.1) is 0 Å². The smallest absolute Gasteiger partial charge is 0.338 e. The van der Waals surface area contributed by atoms with Crippen LogP contribution in [0.1, 0.15) is 38.0 Å². The van der Waals surface area contributed by atoms with E-state index in [4.69, 9.17) is 18.9 Å². The van der Waals surface area contributed by atoms with Crippen LogP contribution in [-0.4, -0.2) is 42.3 Å². The molecule has 7 nitrogen and oxygen atoms in total. The average Bonchev–Trinajstić information content (AvgIpc) is 3.12. The lowest BCUT2D eigenvalue weighted by Gasteiger charge is -2.30. The van der Waals surface area contributed by atoms with Crippen LogP contribution in [-0.2, 0) is 18.9 Å². The summed E-state index contributed by atoms with van der Waals surface area (Å²) in [5.74, 6) is -1.76. The van der Waals surface area contributed by atoms with E-state index in [-0.39, 0.29) is 12.4 Å². The highest BCUT2D eigenvalue weighted by Crippen LogP contribution is 2.38. The van der Waals surface area contributed by atoms with Gasteiger partial charge in [-0.05, 0) is 43.3 Å². The van der Waals surface area contributed by atoms with E-state index < -0.39 is 35.7 Å². The summed E-state index contributed by atoms with van der Waals surface area (Å²) in [5, 5.41) is 0. The Hall–Kier alpha value is -4.39. The molecule has 0 bridgehead atoms. The summed E-state index contributed by atoms with van der Waals surface area (Å²) in [7, 11) is 0. The largest absolute Gasteiger partial charge is 0.481 e. The third-order valence-electron chi connectivity index (χ3n) is 5.54. The van der Waals surface area contributed by atoms with Gasteiger partial charge in [0.05, 0.1) is 16.7 Å². The van der Waals surface area contributed by atoms with Crippen molar-refractivity contribution in [1.82, 2.24) is 0 Å². The normalized spacial score (nSPS) is 21.0. The van der Waals surface area contributed by atoms with Crippen molar-refractivity contribution in [3.05, 3.63) is 120 Å². The minimum atomic E-state index is -1.35. The maximum absolute atomic E-state index is 12.9. The Morgan fingerprint density at radius 3 is 1.66 bits per heavy atom. The molecule has 3 atom stereocenters. The van der Waals surface area contributed by atoms with E-state index in [1.54, 1.807) is 97.9 Å². The molecule has 1 aliphatic heterocycles. The first-order chi connectivity index (χ1) is 16.9. The summed E-state index contributed by atoms with van der Waals surface area (Å²) in [4.78, 5) is 38.2. The van der Waals surface area contributed by atoms with Crippen LogP contribution in [0.2, 0.25) is 0 Å². The zero-order valence-electron chi connectivity index (χ0n) is 19.1. The van der Waals surface area contributed by atoms with Crippen LogP contribution in [0.25, 0.3) is 0 Å². The molecule has 0 aliphatic carbocycles. The highest BCUT2D eigenvalue weighted by molar-refractivity contribution is 5.91. The summed E-state index contributed by atoms with van der Waals surface area (Å²) in [6.07, 6.45) is -2.24. The van der Waals surface area contributed by atoms with Gasteiger partial charge in [0.15, 0.2) is 17.8 Å². The molecule has 0 amide bonds. The van der Waals surface area contributed by atoms with Crippen molar-refractivity contribution in [2.24, 2.45) is 0 Å². The first-order valence-electron chi connectivity index (χ1n) is 11.0. The zero-order valence-corrected chi connectivity index (χ0v) is 19.1. The van der Waals surface area contributed by atoms with Crippen LogP contribution >= 0.6 is 0 Å². The number of rotatable bonds is 7. The minimum Gasteiger partial charge on any atom is -0.481 e. The Balaban J connectivity index is 1.57. The van der Waals surface area contributed by atoms with E-state index in [1.165, 1.54) is 0 Å². The van der Waals surface area contributed by atoms with Crippen LogP contribution in [0, 0.1) is 0 Å². The second-order valence-corrected chi connectivity index (χ2v) is 8.21. The molecule has 0 radical (unpaired) electrons. The molecule has 1 fully saturated rings. The van der Waals surface area contributed by atoms with E-state index in [2.05, 4.69) is 6.58 Å². The number of carbonyl (C=O) groups excluding carboxylic acids is 3. The monoisotopic (exact) mass is 472 g/mol. The van der Waals surface area contributed by atoms with Gasteiger partial charge in [0, 0.05) is 0 Å². The zero-order chi connectivity index (χ0) is 24.8. The summed E-state index contributed by atoms with van der Waals surface area (Å²) in [6, 6.07) is 25.2. The van der Waals surface area contributed by atoms with Crippen molar-refractivity contribution in [3.63, 3.8) is 0 Å². The molecule has 0 aromatic heterocycles. The van der Waals surface area contributed by atoms with Crippen molar-refractivity contribution in [1.29, 1.82) is 0 Å². The number of carbonyl (C=O) groups is 3. The Morgan fingerprint density at radius 1 is 0.743 bits per heavy atom. The van der Waals surface area contributed by atoms with E-state index in [9.17, 15) is 14.4 Å². The van der Waals surface area contributed by atoms with Crippen LogP contribution in [0.15, 0.2) is 103 Å². The molecule has 178 valence electrons. The first kappa shape index (κ1) is 23.8. The molecule has 35 heavy (non-hydrogen) atoms. The topological polar surface area (TPSA) is 88.1 Å². The molecule has 3 aromatic rings. The molecular formula is C28H24O7. The second kappa shape index (κ2) is 10.3. The molecule has 1 saturated heterocycles. The van der Waals surface area contributed by atoms with Crippen molar-refractivity contribution >= 4 is 17.9 Å². The van der Waals surface area contributed by atoms with E-state index in [1.807, 2.05) is 0 Å². The van der Waals surface area contributed by atoms with Gasteiger partial charge in [-0.25, -0.2) is 14.4 Å². The number of benzene rings is 3. The van der Waals surface area contributed by atoms with Gasteiger partial charge in [-0.2, -0.15) is 0 Å². The van der Waals surface area contributed by atoms with E-state index in [0.717, 1.165) is 0 Å². The predicted octanol–water partition coefficient (Wildman–Crippen LogP) is 4.60. The van der Waals surface area contributed by atoms with Crippen LogP contribution in [0.4, 0.5) is 0 Å². The van der Waals surface area contributed by atoms with Gasteiger partial charge in [0.2, 0.25) is 0 Å². The van der Waals surface area contributed by atoms with Crippen LogP contribution in [0.5, 0.6) is 0 Å². The third-order valence-corrected chi connectivity index (χ3v) is 5.54. The summed E-state index contributed by atoms with van der Waals surface area (Å²) >= 11 is 0. The minimum absolute atomic E-state index is 0.0819. The Kier molecular flexibility index (Phi) is 6.96. The van der Waals surface area contributed by atoms with Gasteiger partial charge in [-0.3, -0.25) is 0 Å². The Labute approximate surface area is 202 Å². The molecule has 0 N–H and O–H groups in total. The third kappa shape index (κ3) is 5.41. The van der Waals surface area contributed by atoms with Crippen molar-refractivity contribution in [2.75, 3.05) is 6.61 Å². The standard InChI is InChI=1S/C28H24O7/c1-19-23(33-26(30)21-14-8-4-9-15-21)24(34-27(31)22-16-10-5-11-17-22)28(2,35-19)18-32-25(29)20-12-6-3-7-13-20/h3-17,23-24H,1,18H2,2H3/t23-,24-,28+/m0/s1. The lowest BCUT2D eigenvalue weighted by Crippen LogP contribution is -2.48. The second-order valence-electron chi connectivity index (χ2n) is 8.21. The van der Waals surface area contributed by atoms with Gasteiger partial charge >= 0.3 is 17.9 Å². The molecule has 0 spiro atoms. The predicted molar refractivity (Wildman–Crippen MR) is 127 cm³/mol. The van der Waals surface area contributed by atoms with E-state index in [0.29, 0.717) is 16.7 Å². The van der Waals surface area contributed by atoms with Crippen molar-refractivity contribution < 1.29 is 33.3 Å². The first-order valence-corrected chi connectivity index (χ1v) is 11.0. The fourth-order valence-corrected chi connectivity index (χ4v) is 3.71. The number of ether oxygens (including phenoxy) is 4.